The summed E-state index contributed by atoms with van der Waals surface area (Å²) in [6.45, 7) is -0.0738. The number of benzene rings is 1. The highest BCUT2D eigenvalue weighted by molar-refractivity contribution is 9.10. The van der Waals surface area contributed by atoms with Crippen molar-refractivity contribution in [3.05, 3.63) is 34.1 Å². The van der Waals surface area contributed by atoms with Crippen molar-refractivity contribution in [1.29, 1.82) is 0 Å². The summed E-state index contributed by atoms with van der Waals surface area (Å²) in [4.78, 5) is 22.2. The lowest BCUT2D eigenvalue weighted by Gasteiger charge is -2.12. The van der Waals surface area contributed by atoms with E-state index in [1.807, 2.05) is 0 Å². The van der Waals surface area contributed by atoms with Gasteiger partial charge in [0.1, 0.15) is 5.82 Å². The third-order valence-electron chi connectivity index (χ3n) is 2.26. The topological polar surface area (TPSA) is 78.4 Å². The number of hydrogen-bond acceptors (Lipinski definition) is 3. The number of carboxylic acid groups (broad SMARTS) is 1. The van der Waals surface area contributed by atoms with Gasteiger partial charge < -0.3 is 10.4 Å². The first-order valence-electron chi connectivity index (χ1n) is 5.07. The molecule has 0 saturated heterocycles. The molecular weight excluding hydrogens is 307 g/mol. The van der Waals surface area contributed by atoms with E-state index in [2.05, 4.69) is 26.6 Å². The van der Waals surface area contributed by atoms with Crippen LogP contribution < -0.4 is 10.6 Å². The van der Waals surface area contributed by atoms with Crippen LogP contribution in [0.25, 0.3) is 0 Å². The third kappa shape index (κ3) is 3.78. The van der Waals surface area contributed by atoms with Crippen LogP contribution in [0.2, 0.25) is 0 Å². The second-order valence-electron chi connectivity index (χ2n) is 3.51. The predicted octanol–water partition coefficient (Wildman–Crippen LogP) is 0.877. The summed E-state index contributed by atoms with van der Waals surface area (Å²) in [7, 11) is 1.36. The van der Waals surface area contributed by atoms with E-state index in [0.29, 0.717) is 4.47 Å². The van der Waals surface area contributed by atoms with E-state index in [9.17, 15) is 14.0 Å². The van der Waals surface area contributed by atoms with Crippen molar-refractivity contribution >= 4 is 27.8 Å². The summed E-state index contributed by atoms with van der Waals surface area (Å²) >= 11 is 3.18. The number of halogens is 2. The van der Waals surface area contributed by atoms with Crippen molar-refractivity contribution in [2.45, 2.75) is 12.6 Å². The SMILES string of the molecule is CNC(C(=O)O)C(=O)NCc1cc(Br)ccc1F. The lowest BCUT2D eigenvalue weighted by molar-refractivity contribution is -0.143. The highest BCUT2D eigenvalue weighted by Gasteiger charge is 2.23. The molecule has 1 atom stereocenters. The monoisotopic (exact) mass is 318 g/mol. The van der Waals surface area contributed by atoms with Gasteiger partial charge in [-0.05, 0) is 25.2 Å². The Kier molecular flexibility index (Phi) is 5.24. The number of rotatable bonds is 5. The molecule has 98 valence electrons. The van der Waals surface area contributed by atoms with E-state index in [1.165, 1.54) is 25.2 Å². The molecule has 0 spiro atoms. The zero-order chi connectivity index (χ0) is 13.7. The Bertz CT molecular complexity index is 468. The molecule has 0 aliphatic heterocycles. The van der Waals surface area contributed by atoms with Crippen molar-refractivity contribution in [1.82, 2.24) is 10.6 Å². The summed E-state index contributed by atoms with van der Waals surface area (Å²) in [5, 5.41) is 13.4. The first kappa shape index (κ1) is 14.6. The highest BCUT2D eigenvalue weighted by Crippen LogP contribution is 2.15. The molecule has 0 bridgehead atoms. The minimum Gasteiger partial charge on any atom is -0.480 e. The van der Waals surface area contributed by atoms with Crippen molar-refractivity contribution in [3.63, 3.8) is 0 Å². The van der Waals surface area contributed by atoms with Crippen LogP contribution in [0.4, 0.5) is 4.39 Å². The van der Waals surface area contributed by atoms with Gasteiger partial charge in [-0.2, -0.15) is 0 Å². The fourth-order valence-corrected chi connectivity index (χ4v) is 1.74. The molecule has 0 aliphatic rings. The number of carbonyl (C=O) groups is 2. The maximum atomic E-state index is 13.4. The van der Waals surface area contributed by atoms with Crippen LogP contribution >= 0.6 is 15.9 Å². The van der Waals surface area contributed by atoms with Gasteiger partial charge >= 0.3 is 5.97 Å². The van der Waals surface area contributed by atoms with Crippen molar-refractivity contribution in [2.75, 3.05) is 7.05 Å². The Morgan fingerprint density at radius 2 is 2.17 bits per heavy atom. The summed E-state index contributed by atoms with van der Waals surface area (Å²) in [5.41, 5.74) is 0.276. The van der Waals surface area contributed by atoms with E-state index >= 15 is 0 Å². The smallest absolute Gasteiger partial charge is 0.330 e. The van der Waals surface area contributed by atoms with Gasteiger partial charge in [-0.15, -0.1) is 0 Å². The van der Waals surface area contributed by atoms with Crippen molar-refractivity contribution < 1.29 is 19.1 Å². The molecule has 1 unspecified atom stereocenters. The number of aliphatic carboxylic acids is 1. The fourth-order valence-electron chi connectivity index (χ4n) is 1.33. The van der Waals surface area contributed by atoms with Crippen molar-refractivity contribution in [3.8, 4) is 0 Å². The van der Waals surface area contributed by atoms with E-state index in [1.54, 1.807) is 0 Å². The van der Waals surface area contributed by atoms with Gasteiger partial charge in [-0.3, -0.25) is 10.1 Å². The average Bonchev–Trinajstić information content (AvgIpc) is 2.30. The molecule has 0 aliphatic carbocycles. The molecule has 1 aromatic carbocycles. The number of carboxylic acids is 1. The Morgan fingerprint density at radius 1 is 1.50 bits per heavy atom. The molecule has 1 amide bonds. The molecular formula is C11H12BrFN2O3. The van der Waals surface area contributed by atoms with Crippen LogP contribution in [-0.2, 0) is 16.1 Å². The van der Waals surface area contributed by atoms with E-state index in [-0.39, 0.29) is 12.1 Å². The molecule has 3 N–H and O–H groups in total. The van der Waals surface area contributed by atoms with Crippen LogP contribution in [0.5, 0.6) is 0 Å². The van der Waals surface area contributed by atoms with E-state index < -0.39 is 23.7 Å². The Labute approximate surface area is 112 Å². The Morgan fingerprint density at radius 3 is 2.72 bits per heavy atom. The molecule has 1 rings (SSSR count). The molecule has 0 saturated carbocycles. The highest BCUT2D eigenvalue weighted by atomic mass is 79.9. The maximum Gasteiger partial charge on any atom is 0.330 e. The second kappa shape index (κ2) is 6.46. The number of likely N-dealkylation sites (N-methyl/N-ethyl adjacent to an activating group) is 1. The van der Waals surface area contributed by atoms with E-state index in [0.717, 1.165) is 0 Å². The minimum atomic E-state index is -1.35. The van der Waals surface area contributed by atoms with Gasteiger partial charge in [0.05, 0.1) is 0 Å². The molecule has 5 nitrogen and oxygen atoms in total. The van der Waals surface area contributed by atoms with Gasteiger partial charge in [0, 0.05) is 16.6 Å². The molecule has 1 aromatic rings. The zero-order valence-corrected chi connectivity index (χ0v) is 11.1. The van der Waals surface area contributed by atoms with Crippen LogP contribution in [0.15, 0.2) is 22.7 Å². The maximum absolute atomic E-state index is 13.4. The molecule has 0 aromatic heterocycles. The molecule has 0 radical (unpaired) electrons. The third-order valence-corrected chi connectivity index (χ3v) is 2.75. The second-order valence-corrected chi connectivity index (χ2v) is 4.43. The average molecular weight is 319 g/mol. The van der Waals surface area contributed by atoms with Crippen LogP contribution in [0.1, 0.15) is 5.56 Å². The lowest BCUT2D eigenvalue weighted by Crippen LogP contribution is -2.47. The summed E-state index contributed by atoms with van der Waals surface area (Å²) in [5.74, 6) is -2.47. The normalized spacial score (nSPS) is 11.9. The van der Waals surface area contributed by atoms with Gasteiger partial charge in [0.15, 0.2) is 6.04 Å². The van der Waals surface area contributed by atoms with Crippen LogP contribution in [0, 0.1) is 5.82 Å². The fraction of sp³-hybridized carbons (Fsp3) is 0.273. The molecule has 0 heterocycles. The molecule has 7 heteroatoms. The first-order chi connectivity index (χ1) is 8.45. The van der Waals surface area contributed by atoms with E-state index in [4.69, 9.17) is 5.11 Å². The van der Waals surface area contributed by atoms with Gasteiger partial charge in [0.25, 0.3) is 0 Å². The van der Waals surface area contributed by atoms with Gasteiger partial charge in [-0.25, -0.2) is 9.18 Å². The molecule has 18 heavy (non-hydrogen) atoms. The van der Waals surface area contributed by atoms with Crippen molar-refractivity contribution in [2.24, 2.45) is 0 Å². The lowest BCUT2D eigenvalue weighted by atomic mass is 10.2. The number of nitrogens with one attached hydrogen (secondary N) is 2. The van der Waals surface area contributed by atoms with Crippen LogP contribution in [-0.4, -0.2) is 30.1 Å². The standard InChI is InChI=1S/C11H12BrFN2O3/c1-14-9(11(17)18)10(16)15-5-6-4-7(12)2-3-8(6)13/h2-4,9,14H,5H2,1H3,(H,15,16)(H,17,18). The predicted molar refractivity (Wildman–Crippen MR) is 66.4 cm³/mol. The minimum absolute atomic E-state index is 0.0738. The quantitative estimate of drug-likeness (QED) is 0.704. The summed E-state index contributed by atoms with van der Waals surface area (Å²) in [6, 6.07) is 2.97. The largest absolute Gasteiger partial charge is 0.480 e. The van der Waals surface area contributed by atoms with Gasteiger partial charge in [-0.1, -0.05) is 15.9 Å². The Hall–Kier alpha value is -1.47. The van der Waals surface area contributed by atoms with Crippen LogP contribution in [0.3, 0.4) is 0 Å². The molecule has 0 fully saturated rings. The number of hydrogen-bond donors (Lipinski definition) is 3. The number of carbonyl (C=O) groups excluding carboxylic acids is 1. The number of amides is 1. The zero-order valence-electron chi connectivity index (χ0n) is 9.54. The first-order valence-corrected chi connectivity index (χ1v) is 5.86. The summed E-state index contributed by atoms with van der Waals surface area (Å²) < 4.78 is 14.0. The summed E-state index contributed by atoms with van der Waals surface area (Å²) in [6.07, 6.45) is 0. The Balaban J connectivity index is 2.67. The van der Waals surface area contributed by atoms with Gasteiger partial charge in [0.2, 0.25) is 5.91 Å².